The van der Waals surface area contributed by atoms with Gasteiger partial charge in [-0.2, -0.15) is 0 Å². The zero-order valence-corrected chi connectivity index (χ0v) is 15.7. The lowest BCUT2D eigenvalue weighted by Gasteiger charge is -2.13. The number of halogens is 1. The number of nitrogens with one attached hydrogen (secondary N) is 1. The summed E-state index contributed by atoms with van der Waals surface area (Å²) in [4.78, 5) is 23.5. The molecule has 1 amide bonds. The molecule has 0 saturated heterocycles. The van der Waals surface area contributed by atoms with Gasteiger partial charge >= 0.3 is 5.97 Å². The number of primary sulfonamides is 1. The SMILES string of the molecule is NS(=O)(=O)c1ccc(Cl)c(C(=O)OCC(=O)NCCC2=CCCCC2)c1. The first kappa shape index (κ1) is 20.4. The molecule has 0 atom stereocenters. The van der Waals surface area contributed by atoms with Crippen molar-refractivity contribution in [2.45, 2.75) is 37.0 Å². The summed E-state index contributed by atoms with van der Waals surface area (Å²) in [6, 6.07) is 3.43. The highest BCUT2D eigenvalue weighted by atomic mass is 35.5. The van der Waals surface area contributed by atoms with E-state index < -0.39 is 28.5 Å². The lowest BCUT2D eigenvalue weighted by atomic mass is 9.97. The number of hydrogen-bond donors (Lipinski definition) is 2. The number of nitrogens with two attached hydrogens (primary N) is 1. The van der Waals surface area contributed by atoms with Crippen molar-refractivity contribution in [2.24, 2.45) is 5.14 Å². The molecule has 0 radical (unpaired) electrons. The van der Waals surface area contributed by atoms with Crippen LogP contribution >= 0.6 is 11.6 Å². The maximum atomic E-state index is 12.0. The summed E-state index contributed by atoms with van der Waals surface area (Å²) >= 11 is 5.88. The molecule has 1 aromatic rings. The molecule has 2 rings (SSSR count). The Morgan fingerprint density at radius 3 is 2.69 bits per heavy atom. The van der Waals surface area contributed by atoms with Gasteiger partial charge in [0.2, 0.25) is 10.0 Å². The van der Waals surface area contributed by atoms with Gasteiger partial charge in [-0.3, -0.25) is 4.79 Å². The fourth-order valence-electron chi connectivity index (χ4n) is 2.59. The molecular formula is C17H21ClN2O5S. The van der Waals surface area contributed by atoms with Crippen LogP contribution in [-0.4, -0.2) is 33.4 Å². The number of allylic oxidation sites excluding steroid dienone is 1. The predicted octanol–water partition coefficient (Wildman–Crippen LogP) is 2.15. The van der Waals surface area contributed by atoms with Crippen molar-refractivity contribution in [1.82, 2.24) is 5.32 Å². The molecule has 1 aromatic carbocycles. The van der Waals surface area contributed by atoms with E-state index in [0.717, 1.165) is 25.3 Å². The van der Waals surface area contributed by atoms with Crippen LogP contribution in [0.4, 0.5) is 0 Å². The minimum Gasteiger partial charge on any atom is -0.452 e. The highest BCUT2D eigenvalue weighted by Crippen LogP contribution is 2.21. The second-order valence-corrected chi connectivity index (χ2v) is 7.94. The first-order valence-electron chi connectivity index (χ1n) is 8.21. The molecule has 0 unspecified atom stereocenters. The van der Waals surface area contributed by atoms with Gasteiger partial charge in [-0.05, 0) is 50.3 Å². The Morgan fingerprint density at radius 1 is 1.27 bits per heavy atom. The van der Waals surface area contributed by atoms with Crippen molar-refractivity contribution >= 4 is 33.5 Å². The molecule has 1 aliphatic carbocycles. The van der Waals surface area contributed by atoms with E-state index in [1.807, 2.05) is 0 Å². The zero-order chi connectivity index (χ0) is 19.2. The highest BCUT2D eigenvalue weighted by molar-refractivity contribution is 7.89. The number of esters is 1. The molecule has 9 heteroatoms. The molecule has 26 heavy (non-hydrogen) atoms. The summed E-state index contributed by atoms with van der Waals surface area (Å²) in [5, 5.41) is 7.71. The first-order valence-corrected chi connectivity index (χ1v) is 10.1. The van der Waals surface area contributed by atoms with Crippen LogP contribution in [0.2, 0.25) is 5.02 Å². The summed E-state index contributed by atoms with van der Waals surface area (Å²) in [7, 11) is -3.98. The topological polar surface area (TPSA) is 116 Å². The minimum absolute atomic E-state index is 0.00652. The van der Waals surface area contributed by atoms with E-state index >= 15 is 0 Å². The molecule has 0 bridgehead atoms. The van der Waals surface area contributed by atoms with Crippen LogP contribution in [0.3, 0.4) is 0 Å². The second kappa shape index (κ2) is 9.16. The largest absolute Gasteiger partial charge is 0.452 e. The molecule has 0 aromatic heterocycles. The summed E-state index contributed by atoms with van der Waals surface area (Å²) in [6.45, 7) is -0.00229. The zero-order valence-electron chi connectivity index (χ0n) is 14.2. The lowest BCUT2D eigenvalue weighted by molar-refractivity contribution is -0.124. The molecular weight excluding hydrogens is 380 g/mol. The standard InChI is InChI=1S/C17H21ClN2O5S/c18-15-7-6-13(26(19,23)24)10-14(15)17(22)25-11-16(21)20-9-8-12-4-2-1-3-5-12/h4,6-7,10H,1-3,5,8-9,11H2,(H,20,21)(H2,19,23,24). The van der Waals surface area contributed by atoms with E-state index in [1.54, 1.807) is 0 Å². The van der Waals surface area contributed by atoms with Crippen LogP contribution in [0.25, 0.3) is 0 Å². The third-order valence-corrected chi connectivity index (χ3v) is 5.21. The van der Waals surface area contributed by atoms with Gasteiger partial charge < -0.3 is 10.1 Å². The Labute approximate surface area is 157 Å². The predicted molar refractivity (Wildman–Crippen MR) is 97.3 cm³/mol. The van der Waals surface area contributed by atoms with Gasteiger partial charge in [-0.15, -0.1) is 0 Å². The number of benzene rings is 1. The van der Waals surface area contributed by atoms with Gasteiger partial charge in [0.05, 0.1) is 15.5 Å². The summed E-state index contributed by atoms with van der Waals surface area (Å²) in [6.07, 6.45) is 7.51. The van der Waals surface area contributed by atoms with E-state index in [1.165, 1.54) is 30.5 Å². The molecule has 0 heterocycles. The van der Waals surface area contributed by atoms with E-state index in [9.17, 15) is 18.0 Å². The summed E-state index contributed by atoms with van der Waals surface area (Å²) < 4.78 is 27.6. The Kier molecular flexibility index (Phi) is 7.19. The Morgan fingerprint density at radius 2 is 2.04 bits per heavy atom. The molecule has 0 aliphatic heterocycles. The van der Waals surface area contributed by atoms with E-state index in [2.05, 4.69) is 11.4 Å². The van der Waals surface area contributed by atoms with Crippen molar-refractivity contribution in [3.8, 4) is 0 Å². The number of carbonyl (C=O) groups is 2. The van der Waals surface area contributed by atoms with Crippen LogP contribution < -0.4 is 10.5 Å². The molecule has 0 spiro atoms. The van der Waals surface area contributed by atoms with Gasteiger partial charge in [0.1, 0.15) is 0 Å². The average molecular weight is 401 g/mol. The maximum Gasteiger partial charge on any atom is 0.340 e. The van der Waals surface area contributed by atoms with Gasteiger partial charge in [0, 0.05) is 6.54 Å². The maximum absolute atomic E-state index is 12.0. The van der Waals surface area contributed by atoms with E-state index in [4.69, 9.17) is 21.5 Å². The lowest BCUT2D eigenvalue weighted by Crippen LogP contribution is -2.30. The van der Waals surface area contributed by atoms with Gasteiger partial charge in [-0.1, -0.05) is 23.3 Å². The summed E-state index contributed by atoms with van der Waals surface area (Å²) in [5.74, 6) is -1.33. The number of sulfonamides is 1. The minimum atomic E-state index is -3.98. The normalized spacial score (nSPS) is 14.5. The second-order valence-electron chi connectivity index (χ2n) is 5.97. The fourth-order valence-corrected chi connectivity index (χ4v) is 3.33. The van der Waals surface area contributed by atoms with Gasteiger partial charge in [0.15, 0.2) is 6.61 Å². The molecule has 3 N–H and O–H groups in total. The molecule has 7 nitrogen and oxygen atoms in total. The number of rotatable bonds is 7. The highest BCUT2D eigenvalue weighted by Gasteiger charge is 2.18. The molecule has 0 fully saturated rings. The first-order chi connectivity index (χ1) is 12.3. The molecule has 0 saturated carbocycles. The Hall–Kier alpha value is -1.90. The van der Waals surface area contributed by atoms with Crippen LogP contribution in [0.1, 0.15) is 42.5 Å². The Balaban J connectivity index is 1.84. The van der Waals surface area contributed by atoms with Crippen LogP contribution in [0.15, 0.2) is 34.7 Å². The van der Waals surface area contributed by atoms with Gasteiger partial charge in [-0.25, -0.2) is 18.4 Å². The van der Waals surface area contributed by atoms with Crippen molar-refractivity contribution < 1.29 is 22.7 Å². The van der Waals surface area contributed by atoms with Gasteiger partial charge in [0.25, 0.3) is 5.91 Å². The number of ether oxygens (including phenoxy) is 1. The average Bonchev–Trinajstić information content (AvgIpc) is 2.60. The number of carbonyl (C=O) groups excluding carboxylic acids is 2. The van der Waals surface area contributed by atoms with E-state index in [0.29, 0.717) is 6.54 Å². The van der Waals surface area contributed by atoms with Crippen LogP contribution in [-0.2, 0) is 19.6 Å². The fraction of sp³-hybridized carbons (Fsp3) is 0.412. The van der Waals surface area contributed by atoms with Crippen molar-refractivity contribution in [2.75, 3.05) is 13.2 Å². The Bertz CT molecular complexity index is 820. The summed E-state index contributed by atoms with van der Waals surface area (Å²) in [5.41, 5.74) is 1.17. The number of amides is 1. The van der Waals surface area contributed by atoms with Crippen molar-refractivity contribution in [1.29, 1.82) is 0 Å². The van der Waals surface area contributed by atoms with Crippen molar-refractivity contribution in [3.63, 3.8) is 0 Å². The van der Waals surface area contributed by atoms with Crippen LogP contribution in [0.5, 0.6) is 0 Å². The van der Waals surface area contributed by atoms with Crippen LogP contribution in [0, 0.1) is 0 Å². The quantitative estimate of drug-likeness (QED) is 0.537. The van der Waals surface area contributed by atoms with Crippen molar-refractivity contribution in [3.05, 3.63) is 40.4 Å². The molecule has 142 valence electrons. The number of hydrogen-bond acceptors (Lipinski definition) is 5. The third kappa shape index (κ3) is 6.12. The smallest absolute Gasteiger partial charge is 0.340 e. The van der Waals surface area contributed by atoms with E-state index in [-0.39, 0.29) is 15.5 Å². The molecule has 1 aliphatic rings. The monoisotopic (exact) mass is 400 g/mol. The third-order valence-electron chi connectivity index (χ3n) is 3.97.